The van der Waals surface area contributed by atoms with Crippen LogP contribution in [-0.2, 0) is 4.79 Å². The third-order valence-corrected chi connectivity index (χ3v) is 4.02. The van der Waals surface area contributed by atoms with Crippen molar-refractivity contribution in [3.8, 4) is 0 Å². The van der Waals surface area contributed by atoms with Crippen molar-refractivity contribution in [1.29, 1.82) is 0 Å². The van der Waals surface area contributed by atoms with Crippen molar-refractivity contribution in [2.24, 2.45) is 0 Å². The molecule has 4 heteroatoms. The summed E-state index contributed by atoms with van der Waals surface area (Å²) >= 11 is 0. The molecule has 3 nitrogen and oxygen atoms in total. The summed E-state index contributed by atoms with van der Waals surface area (Å²) in [6, 6.07) is 16.4. The van der Waals surface area contributed by atoms with Crippen LogP contribution in [0.3, 0.4) is 0 Å². The third kappa shape index (κ3) is 3.52. The van der Waals surface area contributed by atoms with Crippen molar-refractivity contribution in [2.45, 2.75) is 18.9 Å². The zero-order chi connectivity index (χ0) is 15.4. The Bertz CT molecular complexity index is 627. The molecule has 1 heterocycles. The van der Waals surface area contributed by atoms with E-state index in [2.05, 4.69) is 22.3 Å². The number of benzene rings is 2. The number of hydrogen-bond acceptors (Lipinski definition) is 2. The van der Waals surface area contributed by atoms with Gasteiger partial charge in [-0.1, -0.05) is 30.3 Å². The molecule has 114 valence electrons. The molecular weight excluding hydrogens is 279 g/mol. The first-order valence-corrected chi connectivity index (χ1v) is 7.57. The second-order valence-electron chi connectivity index (χ2n) is 5.59. The molecule has 0 bridgehead atoms. The molecule has 1 atom stereocenters. The number of anilines is 1. The lowest BCUT2D eigenvalue weighted by molar-refractivity contribution is -0.117. The lowest BCUT2D eigenvalue weighted by atomic mass is 10.0. The number of carbonyl (C=O) groups excluding carboxylic acids is 1. The van der Waals surface area contributed by atoms with Crippen LogP contribution < -0.4 is 5.32 Å². The first kappa shape index (κ1) is 14.7. The van der Waals surface area contributed by atoms with Crippen LogP contribution in [0.15, 0.2) is 54.6 Å². The van der Waals surface area contributed by atoms with Crippen LogP contribution in [-0.4, -0.2) is 23.9 Å². The van der Waals surface area contributed by atoms with Crippen LogP contribution >= 0.6 is 0 Å². The summed E-state index contributed by atoms with van der Waals surface area (Å²) in [6.45, 7) is 1.29. The average molecular weight is 298 g/mol. The van der Waals surface area contributed by atoms with E-state index in [0.717, 1.165) is 19.4 Å². The Morgan fingerprint density at radius 3 is 2.59 bits per heavy atom. The number of halogens is 1. The predicted octanol–water partition coefficient (Wildman–Crippen LogP) is 3.60. The van der Waals surface area contributed by atoms with E-state index < -0.39 is 0 Å². The standard InChI is InChI=1S/C18H19FN2O/c19-15-8-10-16(11-9-15)20-18(22)13-21-12-4-7-17(21)14-5-2-1-3-6-14/h1-3,5-6,8-11,17H,4,7,12-13H2,(H,20,22). The lowest BCUT2D eigenvalue weighted by Crippen LogP contribution is -2.32. The fourth-order valence-electron chi connectivity index (χ4n) is 2.99. The molecule has 0 saturated carbocycles. The maximum atomic E-state index is 12.9. The van der Waals surface area contributed by atoms with Gasteiger partial charge in [-0.2, -0.15) is 0 Å². The zero-order valence-electron chi connectivity index (χ0n) is 12.3. The summed E-state index contributed by atoms with van der Waals surface area (Å²) < 4.78 is 12.9. The van der Waals surface area contributed by atoms with Gasteiger partial charge in [-0.3, -0.25) is 9.69 Å². The monoisotopic (exact) mass is 298 g/mol. The van der Waals surface area contributed by atoms with Gasteiger partial charge in [-0.05, 0) is 49.2 Å². The number of carbonyl (C=O) groups is 1. The van der Waals surface area contributed by atoms with Gasteiger partial charge in [0.05, 0.1) is 6.54 Å². The minimum absolute atomic E-state index is 0.0607. The summed E-state index contributed by atoms with van der Waals surface area (Å²) in [7, 11) is 0. The minimum Gasteiger partial charge on any atom is -0.325 e. The summed E-state index contributed by atoms with van der Waals surface area (Å²) in [5, 5.41) is 2.82. The second-order valence-corrected chi connectivity index (χ2v) is 5.59. The smallest absolute Gasteiger partial charge is 0.238 e. The van der Waals surface area contributed by atoms with E-state index in [1.165, 1.54) is 17.7 Å². The summed E-state index contributed by atoms with van der Waals surface area (Å²) in [5.41, 5.74) is 1.89. The Labute approximate surface area is 129 Å². The van der Waals surface area contributed by atoms with Gasteiger partial charge in [0.25, 0.3) is 0 Å². The van der Waals surface area contributed by atoms with E-state index >= 15 is 0 Å². The first-order chi connectivity index (χ1) is 10.7. The highest BCUT2D eigenvalue weighted by Gasteiger charge is 2.27. The molecule has 22 heavy (non-hydrogen) atoms. The molecule has 1 aliphatic heterocycles. The lowest BCUT2D eigenvalue weighted by Gasteiger charge is -2.24. The van der Waals surface area contributed by atoms with Crippen molar-refractivity contribution in [3.05, 3.63) is 66.0 Å². The highest BCUT2D eigenvalue weighted by molar-refractivity contribution is 5.92. The molecule has 0 aliphatic carbocycles. The summed E-state index contributed by atoms with van der Waals surface area (Å²) in [4.78, 5) is 14.4. The Hall–Kier alpha value is -2.20. The molecule has 2 aromatic carbocycles. The van der Waals surface area contributed by atoms with Crippen molar-refractivity contribution in [1.82, 2.24) is 4.90 Å². The molecule has 1 saturated heterocycles. The molecule has 1 fully saturated rings. The predicted molar refractivity (Wildman–Crippen MR) is 85.0 cm³/mol. The quantitative estimate of drug-likeness (QED) is 0.935. The molecular formula is C18H19FN2O. The van der Waals surface area contributed by atoms with Crippen molar-refractivity contribution in [3.63, 3.8) is 0 Å². The van der Waals surface area contributed by atoms with Crippen molar-refractivity contribution >= 4 is 11.6 Å². The Balaban J connectivity index is 1.62. The van der Waals surface area contributed by atoms with E-state index in [1.807, 2.05) is 18.2 Å². The third-order valence-electron chi connectivity index (χ3n) is 4.02. The molecule has 2 aromatic rings. The number of amides is 1. The number of likely N-dealkylation sites (tertiary alicyclic amines) is 1. The number of nitrogens with zero attached hydrogens (tertiary/aromatic N) is 1. The van der Waals surface area contributed by atoms with Crippen LogP contribution in [0, 0.1) is 5.82 Å². The highest BCUT2D eigenvalue weighted by atomic mass is 19.1. The van der Waals surface area contributed by atoms with Gasteiger partial charge in [0.15, 0.2) is 0 Å². The molecule has 0 aromatic heterocycles. The van der Waals surface area contributed by atoms with Crippen LogP contribution in [0.25, 0.3) is 0 Å². The maximum Gasteiger partial charge on any atom is 0.238 e. The van der Waals surface area contributed by atoms with Crippen LogP contribution in [0.4, 0.5) is 10.1 Å². The number of nitrogens with one attached hydrogen (secondary N) is 1. The summed E-state index contributed by atoms with van der Waals surface area (Å²) in [6.07, 6.45) is 2.18. The van der Waals surface area contributed by atoms with Gasteiger partial charge in [-0.25, -0.2) is 4.39 Å². The van der Waals surface area contributed by atoms with Gasteiger partial charge in [0.1, 0.15) is 5.82 Å². The molecule has 3 rings (SSSR count). The first-order valence-electron chi connectivity index (χ1n) is 7.57. The molecule has 1 amide bonds. The van der Waals surface area contributed by atoms with E-state index in [-0.39, 0.29) is 11.7 Å². The van der Waals surface area contributed by atoms with Crippen LogP contribution in [0.5, 0.6) is 0 Å². The normalized spacial score (nSPS) is 18.3. The van der Waals surface area contributed by atoms with Crippen molar-refractivity contribution < 1.29 is 9.18 Å². The minimum atomic E-state index is -0.304. The van der Waals surface area contributed by atoms with Crippen LogP contribution in [0.1, 0.15) is 24.4 Å². The largest absolute Gasteiger partial charge is 0.325 e. The zero-order valence-corrected chi connectivity index (χ0v) is 12.3. The molecule has 1 N–H and O–H groups in total. The fraction of sp³-hybridized carbons (Fsp3) is 0.278. The number of rotatable bonds is 4. The van der Waals surface area contributed by atoms with Crippen molar-refractivity contribution in [2.75, 3.05) is 18.4 Å². The Kier molecular flexibility index (Phi) is 4.49. The van der Waals surface area contributed by atoms with Crippen LogP contribution in [0.2, 0.25) is 0 Å². The average Bonchev–Trinajstić information content (AvgIpc) is 2.98. The summed E-state index contributed by atoms with van der Waals surface area (Å²) in [5.74, 6) is -0.365. The van der Waals surface area contributed by atoms with Gasteiger partial charge >= 0.3 is 0 Å². The van der Waals surface area contributed by atoms with Gasteiger partial charge in [-0.15, -0.1) is 0 Å². The van der Waals surface area contributed by atoms with Gasteiger partial charge in [0, 0.05) is 11.7 Å². The Morgan fingerprint density at radius 2 is 1.86 bits per heavy atom. The maximum absolute atomic E-state index is 12.9. The molecule has 0 radical (unpaired) electrons. The molecule has 1 unspecified atom stereocenters. The second kappa shape index (κ2) is 6.71. The molecule has 1 aliphatic rings. The Morgan fingerprint density at radius 1 is 1.14 bits per heavy atom. The van der Waals surface area contributed by atoms with Gasteiger partial charge < -0.3 is 5.32 Å². The van der Waals surface area contributed by atoms with E-state index in [1.54, 1.807) is 12.1 Å². The highest BCUT2D eigenvalue weighted by Crippen LogP contribution is 2.31. The molecule has 0 spiro atoms. The van der Waals surface area contributed by atoms with Gasteiger partial charge in [0.2, 0.25) is 5.91 Å². The van der Waals surface area contributed by atoms with E-state index in [9.17, 15) is 9.18 Å². The fourth-order valence-corrected chi connectivity index (χ4v) is 2.99. The van der Waals surface area contributed by atoms with E-state index in [4.69, 9.17) is 0 Å². The number of hydrogen-bond donors (Lipinski definition) is 1. The SMILES string of the molecule is O=C(CN1CCCC1c1ccccc1)Nc1ccc(F)cc1. The van der Waals surface area contributed by atoms with E-state index in [0.29, 0.717) is 18.3 Å². The topological polar surface area (TPSA) is 32.3 Å².